The largest absolute Gasteiger partial charge is 0.492 e. The van der Waals surface area contributed by atoms with E-state index in [9.17, 15) is 5.11 Å². The predicted molar refractivity (Wildman–Crippen MR) is 84.9 cm³/mol. The van der Waals surface area contributed by atoms with Crippen LogP contribution in [0.2, 0.25) is 0 Å². The third-order valence-electron chi connectivity index (χ3n) is 3.63. The molecular formula is C18H18N2O. The van der Waals surface area contributed by atoms with E-state index in [0.717, 1.165) is 28.1 Å². The smallest absolute Gasteiger partial charge is 0.234 e. The van der Waals surface area contributed by atoms with Gasteiger partial charge in [0, 0.05) is 11.1 Å². The maximum absolute atomic E-state index is 10.1. The maximum Gasteiger partial charge on any atom is 0.234 e. The van der Waals surface area contributed by atoms with Gasteiger partial charge in [-0.3, -0.25) is 0 Å². The molecule has 3 heteroatoms. The summed E-state index contributed by atoms with van der Waals surface area (Å²) in [6, 6.07) is 16.3. The van der Waals surface area contributed by atoms with Gasteiger partial charge in [-0.1, -0.05) is 35.9 Å². The van der Waals surface area contributed by atoms with Gasteiger partial charge in [-0.05, 0) is 44.5 Å². The zero-order valence-electron chi connectivity index (χ0n) is 12.5. The first-order valence-electron chi connectivity index (χ1n) is 6.99. The summed E-state index contributed by atoms with van der Waals surface area (Å²) in [6.45, 7) is 6.00. The molecule has 0 unspecified atom stereocenters. The predicted octanol–water partition coefficient (Wildman–Crippen LogP) is 4.17. The van der Waals surface area contributed by atoms with Crippen molar-refractivity contribution in [1.29, 1.82) is 0 Å². The Balaban J connectivity index is 2.25. The molecule has 3 aromatic rings. The first-order valence-corrected chi connectivity index (χ1v) is 6.99. The second-order valence-electron chi connectivity index (χ2n) is 5.42. The van der Waals surface area contributed by atoms with E-state index in [1.807, 2.05) is 48.9 Å². The van der Waals surface area contributed by atoms with Crippen LogP contribution in [-0.2, 0) is 0 Å². The van der Waals surface area contributed by atoms with Gasteiger partial charge in [0.1, 0.15) is 0 Å². The van der Waals surface area contributed by atoms with Crippen molar-refractivity contribution in [3.63, 3.8) is 0 Å². The zero-order chi connectivity index (χ0) is 15.0. The van der Waals surface area contributed by atoms with Gasteiger partial charge in [-0.25, -0.2) is 4.68 Å². The molecule has 2 aromatic carbocycles. The monoisotopic (exact) mass is 278 g/mol. The molecule has 0 fully saturated rings. The summed E-state index contributed by atoms with van der Waals surface area (Å²) in [6.07, 6.45) is 0. The molecule has 0 atom stereocenters. The topological polar surface area (TPSA) is 38.1 Å². The lowest BCUT2D eigenvalue weighted by molar-refractivity contribution is 0.444. The Morgan fingerprint density at radius 3 is 2.24 bits per heavy atom. The van der Waals surface area contributed by atoms with Crippen LogP contribution in [0.1, 0.15) is 16.7 Å². The number of aromatic hydroxyl groups is 1. The second kappa shape index (κ2) is 5.09. The van der Waals surface area contributed by atoms with Gasteiger partial charge in [0.2, 0.25) is 5.88 Å². The van der Waals surface area contributed by atoms with E-state index in [2.05, 4.69) is 30.2 Å². The molecule has 1 aromatic heterocycles. The van der Waals surface area contributed by atoms with Crippen molar-refractivity contribution in [2.45, 2.75) is 20.8 Å². The van der Waals surface area contributed by atoms with E-state index < -0.39 is 0 Å². The molecule has 0 aliphatic heterocycles. The summed E-state index contributed by atoms with van der Waals surface area (Å²) in [5, 5.41) is 14.4. The molecule has 106 valence electrons. The lowest BCUT2D eigenvalue weighted by atomic mass is 10.1. The van der Waals surface area contributed by atoms with Crippen molar-refractivity contribution < 1.29 is 5.11 Å². The van der Waals surface area contributed by atoms with Crippen LogP contribution >= 0.6 is 0 Å². The highest BCUT2D eigenvalue weighted by Crippen LogP contribution is 2.32. The van der Waals surface area contributed by atoms with Gasteiger partial charge in [-0.2, -0.15) is 0 Å². The number of hydrogen-bond donors (Lipinski definition) is 1. The van der Waals surface area contributed by atoms with Crippen LogP contribution in [0.5, 0.6) is 5.88 Å². The standard InChI is InChI=1S/C18H18N2O/c1-12-6-4-8-15(10-12)17-14(3)18(21)19-20(17)16-9-5-7-13(2)11-16/h4-11H,1-3H3,(H,19,21). The Hall–Kier alpha value is -2.55. The molecule has 21 heavy (non-hydrogen) atoms. The van der Waals surface area contributed by atoms with E-state index in [1.54, 1.807) is 0 Å². The lowest BCUT2D eigenvalue weighted by Gasteiger charge is -2.09. The summed E-state index contributed by atoms with van der Waals surface area (Å²) in [7, 11) is 0. The molecule has 0 aliphatic carbocycles. The molecular weight excluding hydrogens is 260 g/mol. The third-order valence-corrected chi connectivity index (χ3v) is 3.63. The molecule has 0 spiro atoms. The fraction of sp³-hybridized carbons (Fsp3) is 0.167. The minimum Gasteiger partial charge on any atom is -0.492 e. The Morgan fingerprint density at radius 1 is 0.905 bits per heavy atom. The average molecular weight is 278 g/mol. The summed E-state index contributed by atoms with van der Waals surface area (Å²) in [5.41, 5.74) is 6.08. The molecule has 1 heterocycles. The fourth-order valence-corrected chi connectivity index (χ4v) is 2.56. The van der Waals surface area contributed by atoms with Crippen molar-refractivity contribution in [3.8, 4) is 22.8 Å². The highest BCUT2D eigenvalue weighted by atomic mass is 16.3. The lowest BCUT2D eigenvalue weighted by Crippen LogP contribution is -2.00. The third kappa shape index (κ3) is 2.42. The first kappa shape index (κ1) is 13.4. The highest BCUT2D eigenvalue weighted by Gasteiger charge is 2.16. The molecule has 3 nitrogen and oxygen atoms in total. The average Bonchev–Trinajstić information content (AvgIpc) is 2.75. The molecule has 3 rings (SSSR count). The summed E-state index contributed by atoms with van der Waals surface area (Å²) in [4.78, 5) is 0. The number of hydrogen-bond acceptors (Lipinski definition) is 2. The Bertz CT molecular complexity index is 803. The number of rotatable bonds is 2. The van der Waals surface area contributed by atoms with Crippen LogP contribution in [0.4, 0.5) is 0 Å². The van der Waals surface area contributed by atoms with Crippen LogP contribution in [0, 0.1) is 20.8 Å². The van der Waals surface area contributed by atoms with Gasteiger partial charge < -0.3 is 5.11 Å². The van der Waals surface area contributed by atoms with Crippen LogP contribution in [0.25, 0.3) is 16.9 Å². The first-order chi connectivity index (χ1) is 10.1. The van der Waals surface area contributed by atoms with Gasteiger partial charge in [-0.15, -0.1) is 5.10 Å². The van der Waals surface area contributed by atoms with E-state index in [0.29, 0.717) is 0 Å². The second-order valence-corrected chi connectivity index (χ2v) is 5.42. The Morgan fingerprint density at radius 2 is 1.57 bits per heavy atom. The molecule has 0 aliphatic rings. The Labute approximate surface area is 124 Å². The zero-order valence-corrected chi connectivity index (χ0v) is 12.5. The van der Waals surface area contributed by atoms with Crippen molar-refractivity contribution in [2.24, 2.45) is 0 Å². The van der Waals surface area contributed by atoms with Crippen molar-refractivity contribution in [2.75, 3.05) is 0 Å². The number of aromatic nitrogens is 2. The van der Waals surface area contributed by atoms with E-state index in [-0.39, 0.29) is 5.88 Å². The molecule has 0 saturated heterocycles. The number of nitrogens with zero attached hydrogens (tertiary/aromatic N) is 2. The van der Waals surface area contributed by atoms with Crippen molar-refractivity contribution in [1.82, 2.24) is 9.78 Å². The van der Waals surface area contributed by atoms with Crippen LogP contribution in [-0.4, -0.2) is 14.9 Å². The van der Waals surface area contributed by atoms with E-state index in [1.165, 1.54) is 5.56 Å². The van der Waals surface area contributed by atoms with Crippen LogP contribution < -0.4 is 0 Å². The molecule has 1 N–H and O–H groups in total. The minimum absolute atomic E-state index is 0.0769. The minimum atomic E-state index is 0.0769. The van der Waals surface area contributed by atoms with Crippen LogP contribution in [0.15, 0.2) is 48.5 Å². The van der Waals surface area contributed by atoms with Gasteiger partial charge >= 0.3 is 0 Å². The number of benzene rings is 2. The van der Waals surface area contributed by atoms with Crippen molar-refractivity contribution >= 4 is 0 Å². The Kier molecular flexibility index (Phi) is 3.26. The molecule has 0 bridgehead atoms. The fourth-order valence-electron chi connectivity index (χ4n) is 2.56. The summed E-state index contributed by atoms with van der Waals surface area (Å²) in [5.74, 6) is 0.0769. The van der Waals surface area contributed by atoms with Gasteiger partial charge in [0.25, 0.3) is 0 Å². The SMILES string of the molecule is Cc1cccc(-c2c(C)c(O)nn2-c2cccc(C)c2)c1. The normalized spacial score (nSPS) is 10.8. The number of aryl methyl sites for hydroxylation is 2. The maximum atomic E-state index is 10.1. The molecule has 0 radical (unpaired) electrons. The quantitative estimate of drug-likeness (QED) is 0.764. The summed E-state index contributed by atoms with van der Waals surface area (Å²) >= 11 is 0. The highest BCUT2D eigenvalue weighted by molar-refractivity contribution is 5.68. The van der Waals surface area contributed by atoms with E-state index in [4.69, 9.17) is 0 Å². The van der Waals surface area contributed by atoms with Crippen molar-refractivity contribution in [3.05, 3.63) is 65.2 Å². The van der Waals surface area contributed by atoms with Gasteiger partial charge in [0.15, 0.2) is 0 Å². The summed E-state index contributed by atoms with van der Waals surface area (Å²) < 4.78 is 1.81. The molecule has 0 amide bonds. The van der Waals surface area contributed by atoms with Crippen LogP contribution in [0.3, 0.4) is 0 Å². The van der Waals surface area contributed by atoms with E-state index >= 15 is 0 Å². The molecule has 0 saturated carbocycles. The van der Waals surface area contributed by atoms with Gasteiger partial charge in [0.05, 0.1) is 11.4 Å².